The van der Waals surface area contributed by atoms with Gasteiger partial charge in [-0.05, 0) is 30.3 Å². The van der Waals surface area contributed by atoms with Gasteiger partial charge in [-0.15, -0.1) is 0 Å². The number of nitrogens with one attached hydrogen (secondary N) is 1. The number of hydrogen-bond acceptors (Lipinski definition) is 7. The number of amides is 1. The number of nitro groups is 1. The molecule has 0 fully saturated rings. The van der Waals surface area contributed by atoms with Gasteiger partial charge < -0.3 is 14.8 Å². The molecule has 0 aliphatic heterocycles. The molecule has 2 aromatic rings. The predicted octanol–water partition coefficient (Wildman–Crippen LogP) is 2.89. The second kappa shape index (κ2) is 9.93. The molecule has 152 valence electrons. The summed E-state index contributed by atoms with van der Waals surface area (Å²) in [6.07, 6.45) is 0.370. The number of carbonyl (C=O) groups excluding carboxylic acids is 3. The quantitative estimate of drug-likeness (QED) is 0.295. The van der Waals surface area contributed by atoms with Crippen molar-refractivity contribution in [1.82, 2.24) is 0 Å². The first-order valence-corrected chi connectivity index (χ1v) is 8.45. The predicted molar refractivity (Wildman–Crippen MR) is 99.2 cm³/mol. The molecule has 1 N–H and O–H groups in total. The largest absolute Gasteiger partial charge is 0.482 e. The van der Waals surface area contributed by atoms with Gasteiger partial charge in [0.05, 0.1) is 10.6 Å². The maximum atomic E-state index is 13.6. The highest BCUT2D eigenvalue weighted by Gasteiger charge is 2.14. The van der Waals surface area contributed by atoms with Crippen molar-refractivity contribution in [3.8, 4) is 5.75 Å². The standard InChI is InChI=1S/C19H17FN2O7/c1-2-17(23)12-3-6-14(7-4-12)28-11-19(25)29-10-18(24)21-16-9-13(22(26)27)5-8-15(16)20/h3-9H,2,10-11H2,1H3,(H,21,24). The molecule has 10 heteroatoms. The van der Waals surface area contributed by atoms with E-state index in [1.54, 1.807) is 19.1 Å². The molecule has 2 aromatic carbocycles. The maximum absolute atomic E-state index is 13.6. The first-order chi connectivity index (χ1) is 13.8. The number of benzene rings is 2. The van der Waals surface area contributed by atoms with Gasteiger partial charge in [0.1, 0.15) is 11.6 Å². The summed E-state index contributed by atoms with van der Waals surface area (Å²) < 4.78 is 23.5. The molecule has 0 unspecified atom stereocenters. The Labute approximate surface area is 164 Å². The van der Waals surface area contributed by atoms with Crippen molar-refractivity contribution in [3.63, 3.8) is 0 Å². The van der Waals surface area contributed by atoms with E-state index in [-0.39, 0.29) is 5.78 Å². The lowest BCUT2D eigenvalue weighted by molar-refractivity contribution is -0.384. The van der Waals surface area contributed by atoms with E-state index >= 15 is 0 Å². The van der Waals surface area contributed by atoms with Crippen molar-refractivity contribution < 1.29 is 33.2 Å². The van der Waals surface area contributed by atoms with Crippen molar-refractivity contribution >= 4 is 29.0 Å². The number of nitro benzene ring substituents is 1. The van der Waals surface area contributed by atoms with Crippen molar-refractivity contribution in [2.75, 3.05) is 18.5 Å². The van der Waals surface area contributed by atoms with E-state index in [0.717, 1.165) is 18.2 Å². The zero-order chi connectivity index (χ0) is 21.4. The molecule has 0 radical (unpaired) electrons. The van der Waals surface area contributed by atoms with Crippen molar-refractivity contribution in [1.29, 1.82) is 0 Å². The normalized spacial score (nSPS) is 10.1. The van der Waals surface area contributed by atoms with Crippen LogP contribution in [-0.2, 0) is 14.3 Å². The van der Waals surface area contributed by atoms with Crippen molar-refractivity contribution in [3.05, 3.63) is 64.0 Å². The van der Waals surface area contributed by atoms with Crippen LogP contribution < -0.4 is 10.1 Å². The SMILES string of the molecule is CCC(=O)c1ccc(OCC(=O)OCC(=O)Nc2cc([N+](=O)[O-])ccc2F)cc1. The highest BCUT2D eigenvalue weighted by atomic mass is 19.1. The van der Waals surface area contributed by atoms with E-state index in [4.69, 9.17) is 9.47 Å². The third kappa shape index (κ3) is 6.38. The topological polar surface area (TPSA) is 125 Å². The average Bonchev–Trinajstić information content (AvgIpc) is 2.72. The first-order valence-electron chi connectivity index (χ1n) is 8.45. The summed E-state index contributed by atoms with van der Waals surface area (Å²) in [4.78, 5) is 44.9. The van der Waals surface area contributed by atoms with Crippen LogP contribution in [0.4, 0.5) is 15.8 Å². The number of ether oxygens (including phenoxy) is 2. The molecule has 0 aromatic heterocycles. The molecule has 0 atom stereocenters. The number of hydrogen-bond donors (Lipinski definition) is 1. The second-order valence-electron chi connectivity index (χ2n) is 5.72. The molecule has 2 rings (SSSR count). The first kappa shape index (κ1) is 21.5. The molecule has 0 aliphatic rings. The molecule has 0 aliphatic carbocycles. The summed E-state index contributed by atoms with van der Waals surface area (Å²) in [5.41, 5.74) is -0.288. The molecule has 0 saturated carbocycles. The Morgan fingerprint density at radius 1 is 1.10 bits per heavy atom. The summed E-state index contributed by atoms with van der Waals surface area (Å²) in [6, 6.07) is 8.81. The third-order valence-corrected chi connectivity index (χ3v) is 3.65. The van der Waals surface area contributed by atoms with E-state index < -0.39 is 47.2 Å². The number of carbonyl (C=O) groups is 3. The fourth-order valence-electron chi connectivity index (χ4n) is 2.18. The number of esters is 1. The molecule has 1 amide bonds. The zero-order valence-electron chi connectivity index (χ0n) is 15.3. The van der Waals surface area contributed by atoms with Crippen molar-refractivity contribution in [2.45, 2.75) is 13.3 Å². The van der Waals surface area contributed by atoms with Crippen LogP contribution in [0.3, 0.4) is 0 Å². The van der Waals surface area contributed by atoms with Gasteiger partial charge in [0, 0.05) is 24.1 Å². The minimum Gasteiger partial charge on any atom is -0.482 e. The summed E-state index contributed by atoms with van der Waals surface area (Å²) in [5.74, 6) is -2.29. The van der Waals surface area contributed by atoms with E-state index in [2.05, 4.69) is 5.32 Å². The van der Waals surface area contributed by atoms with Crippen LogP contribution in [-0.4, -0.2) is 35.8 Å². The van der Waals surface area contributed by atoms with E-state index in [1.807, 2.05) is 0 Å². The fourth-order valence-corrected chi connectivity index (χ4v) is 2.18. The minimum atomic E-state index is -0.875. The Morgan fingerprint density at radius 2 is 1.79 bits per heavy atom. The highest BCUT2D eigenvalue weighted by Crippen LogP contribution is 2.21. The van der Waals surface area contributed by atoms with Gasteiger partial charge in [-0.3, -0.25) is 19.7 Å². The number of halogens is 1. The van der Waals surface area contributed by atoms with E-state index in [9.17, 15) is 28.9 Å². The minimum absolute atomic E-state index is 0.0258. The maximum Gasteiger partial charge on any atom is 0.344 e. The number of nitrogens with zero attached hydrogens (tertiary/aromatic N) is 1. The molecule has 0 spiro atoms. The second-order valence-corrected chi connectivity index (χ2v) is 5.72. The smallest absolute Gasteiger partial charge is 0.344 e. The monoisotopic (exact) mass is 404 g/mol. The highest BCUT2D eigenvalue weighted by molar-refractivity contribution is 5.96. The van der Waals surface area contributed by atoms with Crippen LogP contribution in [0, 0.1) is 15.9 Å². The molecule has 29 heavy (non-hydrogen) atoms. The Bertz CT molecular complexity index is 929. The van der Waals surface area contributed by atoms with Gasteiger partial charge in [0.2, 0.25) is 0 Å². The van der Waals surface area contributed by atoms with Gasteiger partial charge in [-0.2, -0.15) is 0 Å². The number of non-ortho nitro benzene ring substituents is 1. The Morgan fingerprint density at radius 3 is 2.41 bits per heavy atom. The summed E-state index contributed by atoms with van der Waals surface area (Å²) in [5, 5.41) is 12.8. The Hall–Kier alpha value is -3.82. The third-order valence-electron chi connectivity index (χ3n) is 3.65. The van der Waals surface area contributed by atoms with Gasteiger partial charge in [0.15, 0.2) is 19.0 Å². The lowest BCUT2D eigenvalue weighted by Gasteiger charge is -2.09. The summed E-state index contributed by atoms with van der Waals surface area (Å²) >= 11 is 0. The van der Waals surface area contributed by atoms with Crippen LogP contribution in [0.2, 0.25) is 0 Å². The van der Waals surface area contributed by atoms with Gasteiger partial charge in [-0.25, -0.2) is 9.18 Å². The zero-order valence-corrected chi connectivity index (χ0v) is 15.3. The fraction of sp³-hybridized carbons (Fsp3) is 0.211. The number of ketones is 1. The average molecular weight is 404 g/mol. The number of Topliss-reactive ketones (excluding diaryl/α,β-unsaturated/α-hetero) is 1. The van der Waals surface area contributed by atoms with Crippen LogP contribution in [0.15, 0.2) is 42.5 Å². The van der Waals surface area contributed by atoms with Crippen molar-refractivity contribution in [2.24, 2.45) is 0 Å². The van der Waals surface area contributed by atoms with Crippen LogP contribution in [0.25, 0.3) is 0 Å². The number of anilines is 1. The molecule has 0 saturated heterocycles. The lowest BCUT2D eigenvalue weighted by Crippen LogP contribution is -2.24. The Balaban J connectivity index is 1.80. The van der Waals surface area contributed by atoms with E-state index in [1.165, 1.54) is 12.1 Å². The van der Waals surface area contributed by atoms with Gasteiger partial charge >= 0.3 is 5.97 Å². The Kier molecular flexibility index (Phi) is 7.35. The molecule has 0 heterocycles. The summed E-state index contributed by atoms with van der Waals surface area (Å²) in [6.45, 7) is 0.528. The molecule has 0 bridgehead atoms. The molecule has 9 nitrogen and oxygen atoms in total. The van der Waals surface area contributed by atoms with Crippen LogP contribution >= 0.6 is 0 Å². The van der Waals surface area contributed by atoms with Gasteiger partial charge in [0.25, 0.3) is 11.6 Å². The van der Waals surface area contributed by atoms with Crippen LogP contribution in [0.5, 0.6) is 5.75 Å². The summed E-state index contributed by atoms with van der Waals surface area (Å²) in [7, 11) is 0. The number of rotatable bonds is 9. The lowest BCUT2D eigenvalue weighted by atomic mass is 10.1. The van der Waals surface area contributed by atoms with Gasteiger partial charge in [-0.1, -0.05) is 6.92 Å². The molecular formula is C19H17FN2O7. The van der Waals surface area contributed by atoms with Crippen LogP contribution in [0.1, 0.15) is 23.7 Å². The van der Waals surface area contributed by atoms with E-state index in [0.29, 0.717) is 17.7 Å². The molecular weight excluding hydrogens is 387 g/mol.